The Morgan fingerprint density at radius 3 is 2.60 bits per heavy atom. The van der Waals surface area contributed by atoms with Gasteiger partial charge in [-0.25, -0.2) is 5.43 Å². The van der Waals surface area contributed by atoms with Crippen molar-refractivity contribution >= 4 is 46.7 Å². The molecule has 1 heterocycles. The Morgan fingerprint density at radius 2 is 1.83 bits per heavy atom. The summed E-state index contributed by atoms with van der Waals surface area (Å²) in [6.07, 6.45) is 2.92. The molecule has 0 saturated heterocycles. The van der Waals surface area contributed by atoms with Gasteiger partial charge in [-0.2, -0.15) is 5.10 Å². The molecule has 3 aromatic rings. The molecule has 0 radical (unpaired) electrons. The van der Waals surface area contributed by atoms with Crippen LogP contribution in [0.25, 0.3) is 6.08 Å². The van der Waals surface area contributed by atoms with Gasteiger partial charge in [0.05, 0.1) is 16.9 Å². The van der Waals surface area contributed by atoms with Crippen LogP contribution in [0.1, 0.15) is 21.5 Å². The molecule has 4 rings (SSSR count). The number of rotatable bonds is 7. The Hall–Kier alpha value is -4.06. The first-order valence-electron chi connectivity index (χ1n) is 10.3. The predicted molar refractivity (Wildman–Crippen MR) is 138 cm³/mol. The van der Waals surface area contributed by atoms with Crippen LogP contribution >= 0.6 is 22.6 Å². The number of phenols is 1. The minimum absolute atomic E-state index is 0.0202. The number of aromatic hydroxyl groups is 1. The van der Waals surface area contributed by atoms with Gasteiger partial charge in [-0.05, 0) is 76.2 Å². The molecule has 0 unspecified atom stereocenters. The molecule has 9 nitrogen and oxygen atoms in total. The van der Waals surface area contributed by atoms with Gasteiger partial charge in [-0.3, -0.25) is 9.59 Å². The third kappa shape index (κ3) is 5.90. The number of ether oxygens (including phenoxy) is 3. The third-order valence-electron chi connectivity index (χ3n) is 4.89. The summed E-state index contributed by atoms with van der Waals surface area (Å²) in [4.78, 5) is 25.7. The number of hydrogen-bond acceptors (Lipinski definition) is 7. The lowest BCUT2D eigenvalue weighted by atomic mass is 10.1. The van der Waals surface area contributed by atoms with Crippen LogP contribution in [0.3, 0.4) is 0 Å². The fraction of sp³-hybridized carbons (Fsp3) is 0.0800. The fourth-order valence-corrected chi connectivity index (χ4v) is 3.79. The van der Waals surface area contributed by atoms with Crippen LogP contribution in [-0.4, -0.2) is 37.0 Å². The van der Waals surface area contributed by atoms with Crippen molar-refractivity contribution in [1.29, 1.82) is 0 Å². The molecule has 1 aliphatic rings. The van der Waals surface area contributed by atoms with E-state index in [4.69, 9.17) is 14.2 Å². The number of hydrazone groups is 1. The van der Waals surface area contributed by atoms with Crippen LogP contribution in [0.4, 0.5) is 0 Å². The van der Waals surface area contributed by atoms with Gasteiger partial charge in [0.2, 0.25) is 6.79 Å². The van der Waals surface area contributed by atoms with Crippen LogP contribution in [-0.2, 0) is 4.79 Å². The smallest absolute Gasteiger partial charge is 0.287 e. The normalized spacial score (nSPS) is 12.5. The summed E-state index contributed by atoms with van der Waals surface area (Å²) in [7, 11) is 1.44. The zero-order valence-corrected chi connectivity index (χ0v) is 20.6. The number of nitrogens with one attached hydrogen (secondary N) is 2. The van der Waals surface area contributed by atoms with E-state index in [1.165, 1.54) is 19.4 Å². The summed E-state index contributed by atoms with van der Waals surface area (Å²) < 4.78 is 16.4. The van der Waals surface area contributed by atoms with Gasteiger partial charge in [-0.15, -0.1) is 0 Å². The topological polar surface area (TPSA) is 118 Å². The first kappa shape index (κ1) is 24.1. The molecule has 0 aliphatic carbocycles. The summed E-state index contributed by atoms with van der Waals surface area (Å²) >= 11 is 1.96. The number of amides is 2. The first-order chi connectivity index (χ1) is 16.9. The highest BCUT2D eigenvalue weighted by molar-refractivity contribution is 14.1. The van der Waals surface area contributed by atoms with Gasteiger partial charge >= 0.3 is 0 Å². The SMILES string of the molecule is COc1cc(C=NNC(=O)C(=Cc2ccc3c(c2)OCO3)NC(=O)c2ccccc2)cc(I)c1O. The van der Waals surface area contributed by atoms with Crippen LogP contribution in [0.15, 0.2) is 71.5 Å². The highest BCUT2D eigenvalue weighted by atomic mass is 127. The number of hydrogen-bond donors (Lipinski definition) is 3. The molecule has 1 aliphatic heterocycles. The van der Waals surface area contributed by atoms with E-state index < -0.39 is 11.8 Å². The number of methoxy groups -OCH3 is 1. The van der Waals surface area contributed by atoms with Crippen LogP contribution in [0.2, 0.25) is 0 Å². The molecule has 0 atom stereocenters. The largest absolute Gasteiger partial charge is 0.504 e. The monoisotopic (exact) mass is 585 g/mol. The summed E-state index contributed by atoms with van der Waals surface area (Å²) in [5.74, 6) is 0.361. The van der Waals surface area contributed by atoms with E-state index in [-0.39, 0.29) is 24.0 Å². The highest BCUT2D eigenvalue weighted by Crippen LogP contribution is 2.33. The molecule has 0 saturated carbocycles. The van der Waals surface area contributed by atoms with Gasteiger partial charge in [-0.1, -0.05) is 24.3 Å². The van der Waals surface area contributed by atoms with Crippen LogP contribution in [0, 0.1) is 3.57 Å². The summed E-state index contributed by atoms with van der Waals surface area (Å²) in [6, 6.07) is 17.0. The second kappa shape index (κ2) is 10.9. The number of carbonyl (C=O) groups excluding carboxylic acids is 2. The number of fused-ring (bicyclic) bond motifs is 1. The van der Waals surface area contributed by atoms with Crippen molar-refractivity contribution in [3.05, 3.63) is 86.6 Å². The molecule has 35 heavy (non-hydrogen) atoms. The quantitative estimate of drug-likeness (QED) is 0.169. The maximum absolute atomic E-state index is 13.0. The number of phenolic OH excluding ortho intramolecular Hbond substituents is 1. The molecule has 2 amide bonds. The molecular weight excluding hydrogens is 565 g/mol. The minimum Gasteiger partial charge on any atom is -0.504 e. The van der Waals surface area contributed by atoms with Gasteiger partial charge in [0.1, 0.15) is 5.70 Å². The molecule has 3 N–H and O–H groups in total. The van der Waals surface area contributed by atoms with Crippen molar-refractivity contribution < 1.29 is 28.9 Å². The molecule has 0 spiro atoms. The van der Waals surface area contributed by atoms with Crippen molar-refractivity contribution in [1.82, 2.24) is 10.7 Å². The Morgan fingerprint density at radius 1 is 1.06 bits per heavy atom. The van der Waals surface area contributed by atoms with Gasteiger partial charge < -0.3 is 24.6 Å². The predicted octanol–water partition coefficient (Wildman–Crippen LogP) is 3.66. The van der Waals surface area contributed by atoms with Gasteiger partial charge in [0.25, 0.3) is 11.8 Å². The second-order valence-corrected chi connectivity index (χ2v) is 8.41. The number of benzene rings is 3. The minimum atomic E-state index is -0.636. The summed E-state index contributed by atoms with van der Waals surface area (Å²) in [5.41, 5.74) is 4.01. The number of nitrogens with zero attached hydrogens (tertiary/aromatic N) is 1. The van der Waals surface area contributed by atoms with E-state index in [0.717, 1.165) is 0 Å². The van der Waals surface area contributed by atoms with Crippen molar-refractivity contribution in [3.8, 4) is 23.0 Å². The van der Waals surface area contributed by atoms with Gasteiger partial charge in [0.15, 0.2) is 23.0 Å². The Labute approximate surface area is 214 Å². The van der Waals surface area contributed by atoms with E-state index in [1.807, 2.05) is 22.6 Å². The fourth-order valence-electron chi connectivity index (χ4n) is 3.16. The van der Waals surface area contributed by atoms with Gasteiger partial charge in [0, 0.05) is 5.56 Å². The van der Waals surface area contributed by atoms with Crippen molar-refractivity contribution in [2.45, 2.75) is 0 Å². The molecule has 0 aromatic heterocycles. The van der Waals surface area contributed by atoms with Crippen molar-refractivity contribution in [2.24, 2.45) is 5.10 Å². The van der Waals surface area contributed by atoms with Crippen molar-refractivity contribution in [3.63, 3.8) is 0 Å². The lowest BCUT2D eigenvalue weighted by Crippen LogP contribution is -2.32. The van der Waals surface area contributed by atoms with E-state index in [1.54, 1.807) is 60.7 Å². The highest BCUT2D eigenvalue weighted by Gasteiger charge is 2.17. The zero-order chi connectivity index (χ0) is 24.8. The summed E-state index contributed by atoms with van der Waals surface area (Å²) in [6.45, 7) is 0.121. The second-order valence-electron chi connectivity index (χ2n) is 7.24. The molecule has 0 bridgehead atoms. The summed E-state index contributed by atoms with van der Waals surface area (Å²) in [5, 5.41) is 16.6. The van der Waals surface area contributed by atoms with Crippen LogP contribution in [0.5, 0.6) is 23.0 Å². The van der Waals surface area contributed by atoms with Crippen LogP contribution < -0.4 is 25.0 Å². The Bertz CT molecular complexity index is 1320. The Balaban J connectivity index is 1.56. The number of carbonyl (C=O) groups is 2. The average Bonchev–Trinajstić information content (AvgIpc) is 3.34. The molecule has 178 valence electrons. The number of halogens is 1. The first-order valence-corrected chi connectivity index (χ1v) is 11.4. The molecule has 0 fully saturated rings. The lowest BCUT2D eigenvalue weighted by molar-refractivity contribution is -0.117. The lowest BCUT2D eigenvalue weighted by Gasteiger charge is -2.10. The van der Waals surface area contributed by atoms with E-state index >= 15 is 0 Å². The maximum Gasteiger partial charge on any atom is 0.287 e. The van der Waals surface area contributed by atoms with Crippen molar-refractivity contribution in [2.75, 3.05) is 13.9 Å². The standard InChI is InChI=1S/C25H20IN3O6/c1-33-22-12-16(9-18(26)23(22)30)13-27-29-25(32)19(28-24(31)17-5-3-2-4-6-17)10-15-7-8-20-21(11-15)35-14-34-20/h2-13,30H,14H2,1H3,(H,28,31)(H,29,32). The van der Waals surface area contributed by atoms with E-state index in [0.29, 0.717) is 31.8 Å². The maximum atomic E-state index is 13.0. The zero-order valence-electron chi connectivity index (χ0n) is 18.4. The molecular formula is C25H20IN3O6. The Kier molecular flexibility index (Phi) is 7.51. The molecule has 3 aromatic carbocycles. The molecule has 10 heteroatoms. The van der Waals surface area contributed by atoms with E-state index in [9.17, 15) is 14.7 Å². The average molecular weight is 585 g/mol. The van der Waals surface area contributed by atoms with E-state index in [2.05, 4.69) is 15.8 Å². The third-order valence-corrected chi connectivity index (χ3v) is 5.71.